The molecule has 0 N–H and O–H groups in total. The van der Waals surface area contributed by atoms with Crippen LogP contribution in [0.15, 0.2) is 0 Å². The first-order valence-electron chi connectivity index (χ1n) is 8.03. The smallest absolute Gasteiger partial charge is 0.0696 e. The zero-order valence-electron chi connectivity index (χ0n) is 12.3. The fourth-order valence-corrected chi connectivity index (χ4v) is 3.75. The number of halogens is 1. The molecule has 0 heterocycles. The number of unbranched alkanes of at least 4 members (excludes halogenated alkanes) is 3. The Labute approximate surface area is 128 Å². The lowest BCUT2D eigenvalue weighted by atomic mass is 9.98. The van der Waals surface area contributed by atoms with Crippen LogP contribution in [0.2, 0.25) is 0 Å². The van der Waals surface area contributed by atoms with Crippen molar-refractivity contribution in [3.05, 3.63) is 0 Å². The van der Waals surface area contributed by atoms with E-state index in [9.17, 15) is 0 Å². The maximum absolute atomic E-state index is 6.31. The molecule has 0 radical (unpaired) electrons. The van der Waals surface area contributed by atoms with E-state index in [-0.39, 0.29) is 0 Å². The van der Waals surface area contributed by atoms with Crippen LogP contribution in [0, 0.1) is 0 Å². The molecule has 1 aliphatic rings. The molecule has 108 valence electrons. The third-order valence-electron chi connectivity index (χ3n) is 3.99. The van der Waals surface area contributed by atoms with Crippen LogP contribution in [-0.4, -0.2) is 16.1 Å². The van der Waals surface area contributed by atoms with Crippen LogP contribution < -0.4 is 0 Å². The molecule has 0 aromatic rings. The molecule has 3 atom stereocenters. The molecule has 1 aliphatic carbocycles. The summed E-state index contributed by atoms with van der Waals surface area (Å²) in [6.07, 6.45) is 15.9. The Kier molecular flexibility index (Phi) is 9.74. The maximum atomic E-state index is 6.31. The molecule has 1 nitrogen and oxygen atoms in total. The van der Waals surface area contributed by atoms with Gasteiger partial charge in [0.2, 0.25) is 0 Å². The van der Waals surface area contributed by atoms with Gasteiger partial charge in [-0.15, -0.1) is 0 Å². The molecule has 0 amide bonds. The molecule has 3 unspecified atom stereocenters. The van der Waals surface area contributed by atoms with Gasteiger partial charge in [0.25, 0.3) is 0 Å². The van der Waals surface area contributed by atoms with Crippen molar-refractivity contribution >= 4 is 22.6 Å². The van der Waals surface area contributed by atoms with Gasteiger partial charge in [0.1, 0.15) is 0 Å². The van der Waals surface area contributed by atoms with Crippen molar-refractivity contribution in [3.63, 3.8) is 0 Å². The van der Waals surface area contributed by atoms with Crippen molar-refractivity contribution in [1.29, 1.82) is 0 Å². The Balaban J connectivity index is 2.20. The van der Waals surface area contributed by atoms with Crippen LogP contribution in [-0.2, 0) is 4.74 Å². The topological polar surface area (TPSA) is 9.23 Å². The van der Waals surface area contributed by atoms with Gasteiger partial charge in [-0.25, -0.2) is 0 Å². The second-order valence-corrected chi connectivity index (χ2v) is 7.44. The minimum atomic E-state index is 0.462. The summed E-state index contributed by atoms with van der Waals surface area (Å²) in [7, 11) is 0. The molecule has 1 saturated carbocycles. The van der Waals surface area contributed by atoms with Crippen LogP contribution in [0.4, 0.5) is 0 Å². The summed E-state index contributed by atoms with van der Waals surface area (Å²) < 4.78 is 7.05. The summed E-state index contributed by atoms with van der Waals surface area (Å²) >= 11 is 2.62. The number of alkyl halides is 1. The highest BCUT2D eigenvalue weighted by Gasteiger charge is 2.22. The summed E-state index contributed by atoms with van der Waals surface area (Å²) in [5.74, 6) is 0. The van der Waals surface area contributed by atoms with Crippen molar-refractivity contribution in [2.45, 2.75) is 101 Å². The van der Waals surface area contributed by atoms with Crippen LogP contribution in [0.3, 0.4) is 0 Å². The van der Waals surface area contributed by atoms with Crippen LogP contribution >= 0.6 is 22.6 Å². The summed E-state index contributed by atoms with van der Waals surface area (Å²) in [6.45, 7) is 4.54. The molecule has 0 aliphatic heterocycles. The standard InChI is InChI=1S/C16H31IO/c1-3-4-5-8-11-14(2)18-16-13-10-7-6-9-12-15(16)17/h14-16H,3-13H2,1-2H3. The van der Waals surface area contributed by atoms with Crippen LogP contribution in [0.25, 0.3) is 0 Å². The molecular formula is C16H31IO. The lowest BCUT2D eigenvalue weighted by molar-refractivity contribution is -0.0139. The van der Waals surface area contributed by atoms with E-state index in [1.807, 2.05) is 0 Å². The molecule has 0 saturated heterocycles. The summed E-state index contributed by atoms with van der Waals surface area (Å²) in [5.41, 5.74) is 0. The van der Waals surface area contributed by atoms with Gasteiger partial charge in [-0.3, -0.25) is 0 Å². The van der Waals surface area contributed by atoms with Crippen molar-refractivity contribution in [3.8, 4) is 0 Å². The van der Waals surface area contributed by atoms with Gasteiger partial charge in [0, 0.05) is 3.92 Å². The van der Waals surface area contributed by atoms with Crippen molar-refractivity contribution in [2.75, 3.05) is 0 Å². The third kappa shape index (κ3) is 7.32. The lowest BCUT2D eigenvalue weighted by Gasteiger charge is -2.28. The zero-order valence-corrected chi connectivity index (χ0v) is 14.5. The SMILES string of the molecule is CCCCCCC(C)OC1CCCCCCC1I. The van der Waals surface area contributed by atoms with Gasteiger partial charge >= 0.3 is 0 Å². The first-order chi connectivity index (χ1) is 8.74. The Morgan fingerprint density at radius 2 is 1.78 bits per heavy atom. The van der Waals surface area contributed by atoms with Gasteiger partial charge < -0.3 is 4.74 Å². The van der Waals surface area contributed by atoms with E-state index in [0.29, 0.717) is 12.2 Å². The van der Waals surface area contributed by atoms with Crippen LogP contribution in [0.5, 0.6) is 0 Å². The predicted molar refractivity (Wildman–Crippen MR) is 88.6 cm³/mol. The Morgan fingerprint density at radius 1 is 1.06 bits per heavy atom. The van der Waals surface area contributed by atoms with Crippen molar-refractivity contribution < 1.29 is 4.74 Å². The molecule has 0 aromatic carbocycles. The van der Waals surface area contributed by atoms with Crippen molar-refractivity contribution in [2.24, 2.45) is 0 Å². The predicted octanol–water partition coefficient (Wildman–Crippen LogP) is 5.89. The van der Waals surface area contributed by atoms with Gasteiger partial charge in [-0.1, -0.05) is 80.9 Å². The van der Waals surface area contributed by atoms with Gasteiger partial charge in [0.05, 0.1) is 12.2 Å². The Hall–Kier alpha value is 0.690. The van der Waals surface area contributed by atoms with E-state index in [2.05, 4.69) is 36.4 Å². The fourth-order valence-electron chi connectivity index (χ4n) is 2.78. The zero-order chi connectivity index (χ0) is 13.2. The van der Waals surface area contributed by atoms with Gasteiger partial charge in [0.15, 0.2) is 0 Å². The fraction of sp³-hybridized carbons (Fsp3) is 1.00. The highest BCUT2D eigenvalue weighted by Crippen LogP contribution is 2.27. The molecule has 1 fully saturated rings. The first-order valence-corrected chi connectivity index (χ1v) is 9.28. The molecule has 0 bridgehead atoms. The van der Waals surface area contributed by atoms with Gasteiger partial charge in [-0.2, -0.15) is 0 Å². The lowest BCUT2D eigenvalue weighted by Crippen LogP contribution is -2.29. The Morgan fingerprint density at radius 3 is 2.50 bits per heavy atom. The number of rotatable bonds is 7. The van der Waals surface area contributed by atoms with Gasteiger partial charge in [-0.05, 0) is 26.2 Å². The monoisotopic (exact) mass is 366 g/mol. The third-order valence-corrected chi connectivity index (χ3v) is 5.42. The quantitative estimate of drug-likeness (QED) is 0.310. The van der Waals surface area contributed by atoms with E-state index < -0.39 is 0 Å². The highest BCUT2D eigenvalue weighted by molar-refractivity contribution is 14.1. The average Bonchev–Trinajstić information content (AvgIpc) is 2.34. The number of ether oxygens (including phenoxy) is 1. The van der Waals surface area contributed by atoms with E-state index in [1.165, 1.54) is 70.6 Å². The van der Waals surface area contributed by atoms with E-state index in [0.717, 1.165) is 3.92 Å². The van der Waals surface area contributed by atoms with Crippen LogP contribution in [0.1, 0.15) is 84.5 Å². The maximum Gasteiger partial charge on any atom is 0.0696 e. The molecule has 2 heteroatoms. The molecule has 1 rings (SSSR count). The minimum absolute atomic E-state index is 0.462. The average molecular weight is 366 g/mol. The molecule has 0 aromatic heterocycles. The molecule has 0 spiro atoms. The second-order valence-electron chi connectivity index (χ2n) is 5.84. The first kappa shape index (κ1) is 16.7. The number of hydrogen-bond donors (Lipinski definition) is 0. The normalized spacial score (nSPS) is 27.5. The summed E-state index contributed by atoms with van der Waals surface area (Å²) in [6, 6.07) is 0. The van der Waals surface area contributed by atoms with Crippen molar-refractivity contribution in [1.82, 2.24) is 0 Å². The molecule has 18 heavy (non-hydrogen) atoms. The highest BCUT2D eigenvalue weighted by atomic mass is 127. The summed E-state index contributed by atoms with van der Waals surface area (Å²) in [4.78, 5) is 0. The Bertz CT molecular complexity index is 196. The van der Waals surface area contributed by atoms with E-state index in [1.54, 1.807) is 0 Å². The van der Waals surface area contributed by atoms with E-state index >= 15 is 0 Å². The van der Waals surface area contributed by atoms with E-state index in [4.69, 9.17) is 4.74 Å². The summed E-state index contributed by atoms with van der Waals surface area (Å²) in [5, 5.41) is 0. The number of hydrogen-bond acceptors (Lipinski definition) is 1. The second kappa shape index (κ2) is 10.5. The largest absolute Gasteiger partial charge is 0.374 e. The minimum Gasteiger partial charge on any atom is -0.374 e. The molecular weight excluding hydrogens is 335 g/mol.